The van der Waals surface area contributed by atoms with Crippen LogP contribution in [0.5, 0.6) is 5.75 Å². The third-order valence-corrected chi connectivity index (χ3v) is 3.51. The van der Waals surface area contributed by atoms with Crippen LogP contribution in [0, 0.1) is 10.8 Å². The SMILES string of the molecule is N=C(Cc1ccc(O)cc1)n1cc(-c2ccccn2)ccc1=N. The largest absolute Gasteiger partial charge is 0.508 e. The van der Waals surface area contributed by atoms with Crippen LogP contribution in [0.4, 0.5) is 0 Å². The molecule has 5 nitrogen and oxygen atoms in total. The van der Waals surface area contributed by atoms with Crippen LogP contribution in [0.3, 0.4) is 0 Å². The predicted molar refractivity (Wildman–Crippen MR) is 88.5 cm³/mol. The lowest BCUT2D eigenvalue weighted by molar-refractivity contribution is 0.475. The van der Waals surface area contributed by atoms with E-state index >= 15 is 0 Å². The summed E-state index contributed by atoms with van der Waals surface area (Å²) in [6.07, 6.45) is 3.85. The van der Waals surface area contributed by atoms with Gasteiger partial charge in [-0.2, -0.15) is 0 Å². The quantitative estimate of drug-likeness (QED) is 0.513. The lowest BCUT2D eigenvalue weighted by Crippen LogP contribution is -2.27. The van der Waals surface area contributed by atoms with E-state index in [1.54, 1.807) is 42.7 Å². The Bertz CT molecular complexity index is 883. The minimum atomic E-state index is 0.200. The molecule has 0 radical (unpaired) electrons. The first-order valence-corrected chi connectivity index (χ1v) is 7.18. The summed E-state index contributed by atoms with van der Waals surface area (Å²) >= 11 is 0. The fourth-order valence-corrected chi connectivity index (χ4v) is 2.30. The summed E-state index contributed by atoms with van der Waals surface area (Å²) in [5.74, 6) is 0.490. The Morgan fingerprint density at radius 1 is 1.04 bits per heavy atom. The summed E-state index contributed by atoms with van der Waals surface area (Å²) in [7, 11) is 0. The molecule has 0 aliphatic rings. The monoisotopic (exact) mass is 304 g/mol. The van der Waals surface area contributed by atoms with Gasteiger partial charge in [0, 0.05) is 24.4 Å². The Kier molecular flexibility index (Phi) is 4.01. The van der Waals surface area contributed by atoms with Crippen LogP contribution in [0.2, 0.25) is 0 Å². The Labute approximate surface area is 133 Å². The molecule has 0 fully saturated rings. The number of phenols is 1. The molecule has 0 saturated heterocycles. The lowest BCUT2D eigenvalue weighted by Gasteiger charge is -2.11. The molecule has 5 heteroatoms. The van der Waals surface area contributed by atoms with Gasteiger partial charge in [0.05, 0.1) is 5.69 Å². The molecule has 0 atom stereocenters. The van der Waals surface area contributed by atoms with E-state index in [1.807, 2.05) is 24.3 Å². The number of benzene rings is 1. The maximum atomic E-state index is 9.32. The van der Waals surface area contributed by atoms with E-state index in [0.717, 1.165) is 16.8 Å². The number of phenolic OH excluding ortho intramolecular Hbond substituents is 1. The van der Waals surface area contributed by atoms with E-state index in [9.17, 15) is 5.11 Å². The molecule has 3 aromatic rings. The van der Waals surface area contributed by atoms with Crippen molar-refractivity contribution in [3.63, 3.8) is 0 Å². The molecule has 0 bridgehead atoms. The first-order chi connectivity index (χ1) is 11.1. The van der Waals surface area contributed by atoms with Crippen LogP contribution in [0.25, 0.3) is 11.3 Å². The Balaban J connectivity index is 1.91. The van der Waals surface area contributed by atoms with Gasteiger partial charge in [0.15, 0.2) is 0 Å². The van der Waals surface area contributed by atoms with Crippen molar-refractivity contribution in [2.45, 2.75) is 6.42 Å². The number of pyridine rings is 2. The number of nitrogens with one attached hydrogen (secondary N) is 2. The molecule has 2 heterocycles. The minimum Gasteiger partial charge on any atom is -0.508 e. The maximum absolute atomic E-state index is 9.32. The van der Waals surface area contributed by atoms with Gasteiger partial charge in [-0.25, -0.2) is 0 Å². The number of aromatic nitrogens is 2. The number of hydrogen-bond donors (Lipinski definition) is 3. The predicted octanol–water partition coefficient (Wildman–Crippen LogP) is 2.80. The van der Waals surface area contributed by atoms with Crippen molar-refractivity contribution in [1.29, 1.82) is 10.8 Å². The molecule has 0 spiro atoms. The van der Waals surface area contributed by atoms with Crippen molar-refractivity contribution >= 4 is 5.84 Å². The fourth-order valence-electron chi connectivity index (χ4n) is 2.30. The fraction of sp³-hybridized carbons (Fsp3) is 0.0556. The van der Waals surface area contributed by atoms with E-state index in [1.165, 1.54) is 4.57 Å². The van der Waals surface area contributed by atoms with Gasteiger partial charge in [-0.15, -0.1) is 0 Å². The first kappa shape index (κ1) is 14.7. The second-order valence-electron chi connectivity index (χ2n) is 5.18. The molecule has 3 N–H and O–H groups in total. The minimum absolute atomic E-state index is 0.200. The summed E-state index contributed by atoms with van der Waals surface area (Å²) in [4.78, 5) is 4.30. The van der Waals surface area contributed by atoms with Crippen molar-refractivity contribution in [2.24, 2.45) is 0 Å². The number of aromatic hydroxyl groups is 1. The Morgan fingerprint density at radius 3 is 2.52 bits per heavy atom. The summed E-state index contributed by atoms with van der Waals surface area (Å²) in [6.45, 7) is 0. The van der Waals surface area contributed by atoms with Crippen LogP contribution < -0.4 is 5.49 Å². The van der Waals surface area contributed by atoms with Crippen molar-refractivity contribution in [2.75, 3.05) is 0 Å². The zero-order valence-corrected chi connectivity index (χ0v) is 12.4. The smallest absolute Gasteiger partial charge is 0.130 e. The highest BCUT2D eigenvalue weighted by Gasteiger charge is 2.06. The van der Waals surface area contributed by atoms with Crippen LogP contribution in [-0.4, -0.2) is 20.5 Å². The molecular weight excluding hydrogens is 288 g/mol. The second kappa shape index (κ2) is 6.27. The molecule has 0 saturated carbocycles. The Hall–Kier alpha value is -3.21. The van der Waals surface area contributed by atoms with Crippen LogP contribution in [0.1, 0.15) is 5.56 Å². The normalized spacial score (nSPS) is 10.4. The second-order valence-corrected chi connectivity index (χ2v) is 5.18. The van der Waals surface area contributed by atoms with Crippen LogP contribution >= 0.6 is 0 Å². The molecule has 2 aromatic heterocycles. The van der Waals surface area contributed by atoms with E-state index in [0.29, 0.717) is 12.3 Å². The number of rotatable bonds is 3. The van der Waals surface area contributed by atoms with Crippen LogP contribution in [0.15, 0.2) is 67.0 Å². The average molecular weight is 304 g/mol. The van der Waals surface area contributed by atoms with Crippen molar-refractivity contribution in [3.8, 4) is 17.0 Å². The van der Waals surface area contributed by atoms with Crippen molar-refractivity contribution < 1.29 is 5.11 Å². The van der Waals surface area contributed by atoms with Gasteiger partial charge < -0.3 is 5.11 Å². The summed E-state index contributed by atoms with van der Waals surface area (Å²) in [5.41, 5.74) is 2.81. The van der Waals surface area contributed by atoms with E-state index in [-0.39, 0.29) is 11.2 Å². The van der Waals surface area contributed by atoms with Gasteiger partial charge in [0.2, 0.25) is 0 Å². The topological polar surface area (TPSA) is 85.8 Å². The molecule has 114 valence electrons. The van der Waals surface area contributed by atoms with Crippen LogP contribution in [-0.2, 0) is 6.42 Å². The van der Waals surface area contributed by atoms with Crippen molar-refractivity contribution in [3.05, 3.63) is 78.0 Å². The number of hydrogen-bond acceptors (Lipinski definition) is 4. The van der Waals surface area contributed by atoms with E-state index in [4.69, 9.17) is 10.8 Å². The summed E-state index contributed by atoms with van der Waals surface area (Å²) in [5, 5.41) is 25.6. The van der Waals surface area contributed by atoms with Gasteiger partial charge in [0.25, 0.3) is 0 Å². The van der Waals surface area contributed by atoms with Gasteiger partial charge in [0.1, 0.15) is 17.1 Å². The lowest BCUT2D eigenvalue weighted by atomic mass is 10.1. The van der Waals surface area contributed by atoms with Gasteiger partial charge in [-0.05, 0) is 42.0 Å². The molecule has 0 aliphatic carbocycles. The molecule has 1 aromatic carbocycles. The Morgan fingerprint density at radius 2 is 1.83 bits per heavy atom. The first-order valence-electron chi connectivity index (χ1n) is 7.18. The average Bonchev–Trinajstić information content (AvgIpc) is 2.58. The third kappa shape index (κ3) is 3.35. The highest BCUT2D eigenvalue weighted by molar-refractivity contribution is 5.84. The highest BCUT2D eigenvalue weighted by atomic mass is 16.3. The van der Waals surface area contributed by atoms with Gasteiger partial charge in [-0.3, -0.25) is 20.4 Å². The van der Waals surface area contributed by atoms with E-state index < -0.39 is 0 Å². The van der Waals surface area contributed by atoms with Gasteiger partial charge >= 0.3 is 0 Å². The number of nitrogens with zero attached hydrogens (tertiary/aromatic N) is 2. The third-order valence-electron chi connectivity index (χ3n) is 3.51. The molecule has 3 rings (SSSR count). The van der Waals surface area contributed by atoms with E-state index in [2.05, 4.69) is 4.98 Å². The van der Waals surface area contributed by atoms with Crippen molar-refractivity contribution in [1.82, 2.24) is 9.55 Å². The molecular formula is C18H16N4O. The molecule has 0 aliphatic heterocycles. The molecule has 0 amide bonds. The zero-order chi connectivity index (χ0) is 16.2. The highest BCUT2D eigenvalue weighted by Crippen LogP contribution is 2.15. The zero-order valence-electron chi connectivity index (χ0n) is 12.4. The maximum Gasteiger partial charge on any atom is 0.130 e. The summed E-state index contributed by atoms with van der Waals surface area (Å²) in [6, 6.07) is 15.9. The molecule has 23 heavy (non-hydrogen) atoms. The van der Waals surface area contributed by atoms with Gasteiger partial charge in [-0.1, -0.05) is 18.2 Å². The standard InChI is InChI=1S/C18H16N4O/c19-17-9-6-14(16-3-1-2-10-21-16)12-22(17)18(20)11-13-4-7-15(23)8-5-13/h1-10,12,19-20,23H,11H2. The summed E-state index contributed by atoms with van der Waals surface area (Å²) < 4.78 is 1.54. The molecule has 0 unspecified atom stereocenters.